The monoisotopic (exact) mass is 372 g/mol. The van der Waals surface area contributed by atoms with Gasteiger partial charge in [0.25, 0.3) is 5.56 Å². The lowest BCUT2D eigenvalue weighted by atomic mass is 9.92. The van der Waals surface area contributed by atoms with Gasteiger partial charge in [-0.05, 0) is 56.4 Å². The molecule has 1 N–H and O–H groups in total. The van der Waals surface area contributed by atoms with Crippen LogP contribution in [0.25, 0.3) is 0 Å². The number of likely N-dealkylation sites (tertiary alicyclic amines) is 1. The average molecular weight is 372 g/mol. The molecule has 7 nitrogen and oxygen atoms in total. The van der Waals surface area contributed by atoms with Gasteiger partial charge in [0.15, 0.2) is 0 Å². The van der Waals surface area contributed by atoms with Crippen LogP contribution < -0.4 is 10.9 Å². The van der Waals surface area contributed by atoms with E-state index in [9.17, 15) is 14.4 Å². The lowest BCUT2D eigenvalue weighted by Gasteiger charge is -2.35. The number of nitrogens with zero attached hydrogens (tertiary/aromatic N) is 3. The zero-order valence-electron chi connectivity index (χ0n) is 15.8. The molecule has 3 aliphatic rings. The first-order valence-corrected chi connectivity index (χ1v) is 10.3. The van der Waals surface area contributed by atoms with Gasteiger partial charge < -0.3 is 10.2 Å². The van der Waals surface area contributed by atoms with Crippen molar-refractivity contribution in [2.24, 2.45) is 11.8 Å². The third-order valence-electron chi connectivity index (χ3n) is 6.23. The molecule has 0 spiro atoms. The Kier molecular flexibility index (Phi) is 5.27. The predicted molar refractivity (Wildman–Crippen MR) is 100 cm³/mol. The standard InChI is InChI=1S/C20H28N4O3/c25-18-11-16(5-8-21-18)20(27)23-9-6-14(7-10-23)13-24-19(26)12-15-3-1-2-4-17(15)22-24/h12,14,16H,1-11,13H2,(H,21,25). The number of carbonyl (C=O) groups is 2. The molecule has 1 atom stereocenters. The SMILES string of the molecule is O=C1CC(C(=O)N2CCC(Cn3nc4c(cc3=O)CCCC4)CC2)CCN1. The van der Waals surface area contributed by atoms with Gasteiger partial charge in [0.1, 0.15) is 0 Å². The highest BCUT2D eigenvalue weighted by Gasteiger charge is 2.31. The average Bonchev–Trinajstić information content (AvgIpc) is 2.68. The molecular weight excluding hydrogens is 344 g/mol. The van der Waals surface area contributed by atoms with Crippen molar-refractivity contribution < 1.29 is 9.59 Å². The maximum Gasteiger partial charge on any atom is 0.267 e. The van der Waals surface area contributed by atoms with Crippen molar-refractivity contribution in [3.05, 3.63) is 27.7 Å². The van der Waals surface area contributed by atoms with Gasteiger partial charge in [-0.15, -0.1) is 0 Å². The summed E-state index contributed by atoms with van der Waals surface area (Å²) in [6.07, 6.45) is 7.05. The fourth-order valence-electron chi connectivity index (χ4n) is 4.57. The van der Waals surface area contributed by atoms with Crippen LogP contribution >= 0.6 is 0 Å². The molecule has 1 unspecified atom stereocenters. The molecule has 3 heterocycles. The van der Waals surface area contributed by atoms with E-state index in [4.69, 9.17) is 0 Å². The lowest BCUT2D eigenvalue weighted by molar-refractivity contribution is -0.141. The summed E-state index contributed by atoms with van der Waals surface area (Å²) in [4.78, 5) is 38.5. The van der Waals surface area contributed by atoms with E-state index in [-0.39, 0.29) is 23.3 Å². The minimum Gasteiger partial charge on any atom is -0.356 e. The molecule has 1 aliphatic carbocycles. The molecule has 4 rings (SSSR count). The Labute approximate surface area is 159 Å². The van der Waals surface area contributed by atoms with Gasteiger partial charge in [0.2, 0.25) is 11.8 Å². The van der Waals surface area contributed by atoms with Gasteiger partial charge in [-0.3, -0.25) is 14.4 Å². The Morgan fingerprint density at radius 2 is 1.93 bits per heavy atom. The van der Waals surface area contributed by atoms with E-state index in [0.29, 0.717) is 38.5 Å². The fourth-order valence-corrected chi connectivity index (χ4v) is 4.57. The molecule has 1 aromatic heterocycles. The Morgan fingerprint density at radius 1 is 1.15 bits per heavy atom. The largest absolute Gasteiger partial charge is 0.356 e. The third kappa shape index (κ3) is 4.06. The van der Waals surface area contributed by atoms with Crippen LogP contribution in [0.5, 0.6) is 0 Å². The van der Waals surface area contributed by atoms with E-state index in [1.165, 1.54) is 0 Å². The highest BCUT2D eigenvalue weighted by Crippen LogP contribution is 2.23. The van der Waals surface area contributed by atoms with Crippen LogP contribution in [0.15, 0.2) is 10.9 Å². The van der Waals surface area contributed by atoms with Crippen molar-refractivity contribution in [3.63, 3.8) is 0 Å². The molecule has 0 saturated carbocycles. The van der Waals surface area contributed by atoms with E-state index in [1.54, 1.807) is 10.7 Å². The first kappa shape index (κ1) is 18.2. The normalized spacial score (nSPS) is 23.6. The first-order valence-electron chi connectivity index (χ1n) is 10.3. The zero-order valence-corrected chi connectivity index (χ0v) is 15.8. The molecule has 0 radical (unpaired) electrons. The highest BCUT2D eigenvalue weighted by atomic mass is 16.2. The molecule has 7 heteroatoms. The Balaban J connectivity index is 1.34. The minimum atomic E-state index is -0.166. The number of rotatable bonds is 3. The number of aromatic nitrogens is 2. The van der Waals surface area contributed by atoms with Crippen LogP contribution in [-0.2, 0) is 29.0 Å². The Hall–Kier alpha value is -2.18. The van der Waals surface area contributed by atoms with E-state index < -0.39 is 0 Å². The number of amides is 2. The van der Waals surface area contributed by atoms with Crippen LogP contribution in [-0.4, -0.2) is 46.1 Å². The predicted octanol–water partition coefficient (Wildman–Crippen LogP) is 0.887. The summed E-state index contributed by atoms with van der Waals surface area (Å²) in [5.41, 5.74) is 2.21. The highest BCUT2D eigenvalue weighted by molar-refractivity contribution is 5.86. The van der Waals surface area contributed by atoms with E-state index in [2.05, 4.69) is 10.4 Å². The first-order chi connectivity index (χ1) is 13.1. The second kappa shape index (κ2) is 7.82. The zero-order chi connectivity index (χ0) is 18.8. The summed E-state index contributed by atoms with van der Waals surface area (Å²) in [5.74, 6) is 0.301. The molecule has 2 fully saturated rings. The third-order valence-corrected chi connectivity index (χ3v) is 6.23. The van der Waals surface area contributed by atoms with Crippen molar-refractivity contribution in [1.82, 2.24) is 20.0 Å². The number of hydrogen-bond acceptors (Lipinski definition) is 4. The maximum atomic E-state index is 12.7. The van der Waals surface area contributed by atoms with Gasteiger partial charge in [0, 0.05) is 44.6 Å². The molecule has 146 valence electrons. The van der Waals surface area contributed by atoms with Crippen molar-refractivity contribution in [3.8, 4) is 0 Å². The van der Waals surface area contributed by atoms with E-state index >= 15 is 0 Å². The van der Waals surface area contributed by atoms with Crippen LogP contribution in [0.1, 0.15) is 49.8 Å². The van der Waals surface area contributed by atoms with Crippen molar-refractivity contribution in [2.45, 2.75) is 57.9 Å². The van der Waals surface area contributed by atoms with Gasteiger partial charge in [0.05, 0.1) is 5.69 Å². The number of fused-ring (bicyclic) bond motifs is 1. The molecule has 0 bridgehead atoms. The van der Waals surface area contributed by atoms with E-state index in [1.807, 2.05) is 4.90 Å². The Morgan fingerprint density at radius 3 is 2.70 bits per heavy atom. The van der Waals surface area contributed by atoms with Crippen LogP contribution in [0.4, 0.5) is 0 Å². The molecule has 27 heavy (non-hydrogen) atoms. The van der Waals surface area contributed by atoms with Crippen molar-refractivity contribution >= 4 is 11.8 Å². The molecule has 0 aromatic carbocycles. The summed E-state index contributed by atoms with van der Waals surface area (Å²) in [5, 5.41) is 7.40. The second-order valence-corrected chi connectivity index (χ2v) is 8.15. The second-order valence-electron chi connectivity index (χ2n) is 8.15. The van der Waals surface area contributed by atoms with E-state index in [0.717, 1.165) is 56.2 Å². The summed E-state index contributed by atoms with van der Waals surface area (Å²) in [6, 6.07) is 1.77. The molecule has 2 aliphatic heterocycles. The topological polar surface area (TPSA) is 84.3 Å². The van der Waals surface area contributed by atoms with Crippen LogP contribution in [0.3, 0.4) is 0 Å². The number of piperidine rings is 2. The number of aryl methyl sites for hydroxylation is 2. The Bertz CT molecular complexity index is 780. The van der Waals surface area contributed by atoms with Gasteiger partial charge in [-0.2, -0.15) is 5.10 Å². The summed E-state index contributed by atoms with van der Waals surface area (Å²) < 4.78 is 1.64. The van der Waals surface area contributed by atoms with Crippen LogP contribution in [0, 0.1) is 11.8 Å². The van der Waals surface area contributed by atoms with Gasteiger partial charge >= 0.3 is 0 Å². The van der Waals surface area contributed by atoms with Crippen LogP contribution in [0.2, 0.25) is 0 Å². The molecular formula is C20H28N4O3. The molecule has 2 amide bonds. The lowest BCUT2D eigenvalue weighted by Crippen LogP contribution is -2.46. The van der Waals surface area contributed by atoms with Crippen molar-refractivity contribution in [2.75, 3.05) is 19.6 Å². The fraction of sp³-hybridized carbons (Fsp3) is 0.700. The van der Waals surface area contributed by atoms with Crippen molar-refractivity contribution in [1.29, 1.82) is 0 Å². The molecule has 1 aromatic rings. The quantitative estimate of drug-likeness (QED) is 0.854. The minimum absolute atomic E-state index is 0.00220. The smallest absolute Gasteiger partial charge is 0.267 e. The number of carbonyl (C=O) groups excluding carboxylic acids is 2. The number of hydrogen-bond donors (Lipinski definition) is 1. The summed E-state index contributed by atoms with van der Waals surface area (Å²) in [6.45, 7) is 2.65. The molecule has 2 saturated heterocycles. The summed E-state index contributed by atoms with van der Waals surface area (Å²) in [7, 11) is 0. The number of nitrogens with one attached hydrogen (secondary N) is 1. The van der Waals surface area contributed by atoms with Gasteiger partial charge in [-0.25, -0.2) is 4.68 Å². The maximum absolute atomic E-state index is 12.7. The van der Waals surface area contributed by atoms with Gasteiger partial charge in [-0.1, -0.05) is 0 Å². The summed E-state index contributed by atoms with van der Waals surface area (Å²) >= 11 is 0.